The van der Waals surface area contributed by atoms with Crippen molar-refractivity contribution in [1.29, 1.82) is 0 Å². The molecule has 0 aliphatic rings. The van der Waals surface area contributed by atoms with Gasteiger partial charge in [0.15, 0.2) is 0 Å². The van der Waals surface area contributed by atoms with Crippen molar-refractivity contribution in [3.05, 3.63) is 33.6 Å². The molecule has 108 valence electrons. The lowest BCUT2D eigenvalue weighted by Gasteiger charge is -2.23. The van der Waals surface area contributed by atoms with Gasteiger partial charge < -0.3 is 10.3 Å². The van der Waals surface area contributed by atoms with E-state index in [1.54, 1.807) is 0 Å². The number of nitrogens with zero attached hydrogens (tertiary/aromatic N) is 2. The van der Waals surface area contributed by atoms with Crippen LogP contribution in [0.3, 0.4) is 0 Å². The van der Waals surface area contributed by atoms with E-state index in [1.807, 2.05) is 26.0 Å². The zero-order chi connectivity index (χ0) is 15.1. The Bertz CT molecular complexity index is 605. The van der Waals surface area contributed by atoms with Crippen LogP contribution in [0.4, 0.5) is 0 Å². The molecule has 0 spiro atoms. The molecule has 2 aromatic rings. The van der Waals surface area contributed by atoms with Crippen LogP contribution >= 0.6 is 15.9 Å². The van der Waals surface area contributed by atoms with Crippen LogP contribution in [-0.2, 0) is 0 Å². The maximum absolute atomic E-state index is 6.14. The van der Waals surface area contributed by atoms with E-state index in [0.717, 1.165) is 21.2 Å². The Morgan fingerprint density at radius 2 is 1.75 bits per heavy atom. The van der Waals surface area contributed by atoms with Crippen molar-refractivity contribution in [2.75, 3.05) is 0 Å². The van der Waals surface area contributed by atoms with Crippen LogP contribution in [0.15, 0.2) is 21.1 Å². The largest absolute Gasteiger partial charge is 0.337 e. The number of aryl methyl sites for hydroxylation is 2. The van der Waals surface area contributed by atoms with Crippen molar-refractivity contribution in [2.24, 2.45) is 11.1 Å². The minimum atomic E-state index is -0.276. The molecular formula is C15H20BrN3O. The van der Waals surface area contributed by atoms with Crippen LogP contribution in [0, 0.1) is 19.3 Å². The third kappa shape index (κ3) is 2.94. The van der Waals surface area contributed by atoms with E-state index in [-0.39, 0.29) is 11.5 Å². The van der Waals surface area contributed by atoms with E-state index in [0.29, 0.717) is 11.7 Å². The van der Waals surface area contributed by atoms with E-state index in [9.17, 15) is 0 Å². The molecule has 1 aromatic heterocycles. The second-order valence-corrected chi connectivity index (χ2v) is 7.02. The Kier molecular flexibility index (Phi) is 4.02. The molecule has 0 aliphatic heterocycles. The Balaban J connectivity index is 2.39. The van der Waals surface area contributed by atoms with Gasteiger partial charge in [0.25, 0.3) is 0 Å². The molecule has 1 atom stereocenters. The summed E-state index contributed by atoms with van der Waals surface area (Å²) < 4.78 is 6.43. The minimum Gasteiger partial charge on any atom is -0.337 e. The fourth-order valence-corrected chi connectivity index (χ4v) is 2.15. The SMILES string of the molecule is Cc1cc(-c2noc([C@@H](N)C(C)(C)C)n2)cc(C)c1Br. The van der Waals surface area contributed by atoms with E-state index in [4.69, 9.17) is 10.3 Å². The Morgan fingerprint density at radius 3 is 2.25 bits per heavy atom. The van der Waals surface area contributed by atoms with Crippen LogP contribution in [-0.4, -0.2) is 10.1 Å². The number of rotatable bonds is 2. The second kappa shape index (κ2) is 5.30. The van der Waals surface area contributed by atoms with Gasteiger partial charge >= 0.3 is 0 Å². The molecule has 0 radical (unpaired) electrons. The topological polar surface area (TPSA) is 64.9 Å². The van der Waals surface area contributed by atoms with Gasteiger partial charge in [0.05, 0.1) is 6.04 Å². The number of aromatic nitrogens is 2. The average molecular weight is 338 g/mol. The lowest BCUT2D eigenvalue weighted by atomic mass is 9.87. The third-order valence-electron chi connectivity index (χ3n) is 3.34. The molecule has 2 N–H and O–H groups in total. The maximum atomic E-state index is 6.14. The molecule has 0 fully saturated rings. The van der Waals surface area contributed by atoms with Crippen molar-refractivity contribution in [1.82, 2.24) is 10.1 Å². The Morgan fingerprint density at radius 1 is 1.20 bits per heavy atom. The molecule has 0 unspecified atom stereocenters. The van der Waals surface area contributed by atoms with Gasteiger partial charge in [-0.1, -0.05) is 41.9 Å². The van der Waals surface area contributed by atoms with Crippen molar-refractivity contribution < 1.29 is 4.52 Å². The summed E-state index contributed by atoms with van der Waals surface area (Å²) in [6, 6.07) is 3.80. The molecule has 0 aliphatic carbocycles. The number of benzene rings is 1. The predicted molar refractivity (Wildman–Crippen MR) is 83.3 cm³/mol. The summed E-state index contributed by atoms with van der Waals surface area (Å²) in [5.74, 6) is 1.06. The van der Waals surface area contributed by atoms with Gasteiger partial charge in [-0.05, 0) is 42.5 Å². The Hall–Kier alpha value is -1.20. The first-order valence-electron chi connectivity index (χ1n) is 6.56. The highest BCUT2D eigenvalue weighted by Crippen LogP contribution is 2.31. The first-order chi connectivity index (χ1) is 9.20. The van der Waals surface area contributed by atoms with Gasteiger partial charge in [-0.3, -0.25) is 0 Å². The summed E-state index contributed by atoms with van der Waals surface area (Å²) in [6.45, 7) is 10.2. The Labute approximate surface area is 127 Å². The summed E-state index contributed by atoms with van der Waals surface area (Å²) in [5.41, 5.74) is 9.26. The van der Waals surface area contributed by atoms with Crippen molar-refractivity contribution >= 4 is 15.9 Å². The molecule has 4 nitrogen and oxygen atoms in total. The molecule has 5 heteroatoms. The normalized spacial score (nSPS) is 13.6. The van der Waals surface area contributed by atoms with E-state index < -0.39 is 0 Å². The number of nitrogens with two attached hydrogens (primary N) is 1. The van der Waals surface area contributed by atoms with Gasteiger partial charge in [0.2, 0.25) is 11.7 Å². The summed E-state index contributed by atoms with van der Waals surface area (Å²) in [6.07, 6.45) is 0. The molecule has 1 aromatic carbocycles. The summed E-state index contributed by atoms with van der Waals surface area (Å²) >= 11 is 3.56. The molecule has 20 heavy (non-hydrogen) atoms. The van der Waals surface area contributed by atoms with Crippen LogP contribution in [0.25, 0.3) is 11.4 Å². The van der Waals surface area contributed by atoms with Crippen LogP contribution < -0.4 is 5.73 Å². The number of hydrogen-bond donors (Lipinski definition) is 1. The molecule has 0 saturated carbocycles. The molecule has 1 heterocycles. The minimum absolute atomic E-state index is 0.116. The van der Waals surface area contributed by atoms with Gasteiger partial charge in [-0.25, -0.2) is 0 Å². The van der Waals surface area contributed by atoms with Gasteiger partial charge in [0.1, 0.15) is 0 Å². The highest BCUT2D eigenvalue weighted by molar-refractivity contribution is 9.10. The fraction of sp³-hybridized carbons (Fsp3) is 0.467. The molecule has 0 amide bonds. The van der Waals surface area contributed by atoms with Crippen molar-refractivity contribution in [3.8, 4) is 11.4 Å². The predicted octanol–water partition coefficient (Wildman–Crippen LogP) is 4.16. The molecule has 2 rings (SSSR count). The van der Waals surface area contributed by atoms with Gasteiger partial charge in [0, 0.05) is 10.0 Å². The molecular weight excluding hydrogens is 318 g/mol. The van der Waals surface area contributed by atoms with Crippen LogP contribution in [0.2, 0.25) is 0 Å². The fourth-order valence-electron chi connectivity index (χ4n) is 1.92. The molecule has 0 bridgehead atoms. The first-order valence-corrected chi connectivity index (χ1v) is 7.35. The second-order valence-electron chi connectivity index (χ2n) is 6.22. The monoisotopic (exact) mass is 337 g/mol. The van der Waals surface area contributed by atoms with Crippen LogP contribution in [0.5, 0.6) is 0 Å². The number of halogens is 1. The zero-order valence-electron chi connectivity index (χ0n) is 12.5. The zero-order valence-corrected chi connectivity index (χ0v) is 14.1. The smallest absolute Gasteiger partial charge is 0.244 e. The lowest BCUT2D eigenvalue weighted by molar-refractivity contribution is 0.253. The number of hydrogen-bond acceptors (Lipinski definition) is 4. The summed E-state index contributed by atoms with van der Waals surface area (Å²) in [5, 5.41) is 4.05. The highest BCUT2D eigenvalue weighted by atomic mass is 79.9. The quantitative estimate of drug-likeness (QED) is 0.893. The molecule has 0 saturated heterocycles. The van der Waals surface area contributed by atoms with Crippen LogP contribution in [0.1, 0.15) is 43.8 Å². The van der Waals surface area contributed by atoms with Crippen molar-refractivity contribution in [2.45, 2.75) is 40.7 Å². The first kappa shape index (κ1) is 15.2. The summed E-state index contributed by atoms with van der Waals surface area (Å²) in [4.78, 5) is 4.44. The van der Waals surface area contributed by atoms with E-state index >= 15 is 0 Å². The van der Waals surface area contributed by atoms with Crippen molar-refractivity contribution in [3.63, 3.8) is 0 Å². The van der Waals surface area contributed by atoms with E-state index in [2.05, 4.69) is 46.8 Å². The van der Waals surface area contributed by atoms with Gasteiger partial charge in [-0.2, -0.15) is 4.98 Å². The van der Waals surface area contributed by atoms with E-state index in [1.165, 1.54) is 0 Å². The standard InChI is InChI=1S/C15H20BrN3O/c1-8-6-10(7-9(2)11(8)16)13-18-14(20-19-13)12(17)15(3,4)5/h6-7,12H,17H2,1-5H3/t12-/m1/s1. The summed E-state index contributed by atoms with van der Waals surface area (Å²) in [7, 11) is 0. The van der Waals surface area contributed by atoms with Gasteiger partial charge in [-0.15, -0.1) is 0 Å². The maximum Gasteiger partial charge on any atom is 0.244 e. The highest BCUT2D eigenvalue weighted by Gasteiger charge is 2.27. The average Bonchev–Trinajstić information content (AvgIpc) is 2.82. The lowest BCUT2D eigenvalue weighted by Crippen LogP contribution is -2.26. The third-order valence-corrected chi connectivity index (χ3v) is 4.59.